The third-order valence-electron chi connectivity index (χ3n) is 6.93. The van der Waals surface area contributed by atoms with Gasteiger partial charge in [-0.25, -0.2) is 14.6 Å². The molecule has 2 aromatic heterocycles. The molecule has 41 heavy (non-hydrogen) atoms. The zero-order valence-corrected chi connectivity index (χ0v) is 23.6. The topological polar surface area (TPSA) is 141 Å². The molecule has 1 saturated heterocycles. The molecule has 0 aliphatic carbocycles. The van der Waals surface area contributed by atoms with Crippen molar-refractivity contribution >= 4 is 35.4 Å². The molecule has 0 spiro atoms. The number of nitrogens with one attached hydrogen (secondary N) is 1. The fourth-order valence-electron chi connectivity index (χ4n) is 4.64. The number of carboxylic acids is 1. The van der Waals surface area contributed by atoms with E-state index in [0.717, 1.165) is 12.8 Å². The van der Waals surface area contributed by atoms with Crippen molar-refractivity contribution in [2.75, 3.05) is 47.8 Å². The summed E-state index contributed by atoms with van der Waals surface area (Å²) in [7, 11) is 0. The third-order valence-corrected chi connectivity index (χ3v) is 6.93. The summed E-state index contributed by atoms with van der Waals surface area (Å²) >= 11 is 0. The van der Waals surface area contributed by atoms with Crippen molar-refractivity contribution in [3.8, 4) is 5.75 Å². The van der Waals surface area contributed by atoms with Crippen molar-refractivity contribution in [2.24, 2.45) is 0 Å². The molecule has 1 fully saturated rings. The van der Waals surface area contributed by atoms with Crippen LogP contribution in [0.15, 0.2) is 53.3 Å². The van der Waals surface area contributed by atoms with Crippen LogP contribution >= 0.6 is 0 Å². The van der Waals surface area contributed by atoms with Gasteiger partial charge in [0.05, 0.1) is 12.5 Å². The first-order chi connectivity index (χ1) is 19.8. The van der Waals surface area contributed by atoms with Crippen molar-refractivity contribution in [3.05, 3.63) is 60.2 Å². The number of anilines is 3. The summed E-state index contributed by atoms with van der Waals surface area (Å²) < 4.78 is 10.8. The Morgan fingerprint density at radius 2 is 1.78 bits per heavy atom. The average molecular weight is 565 g/mol. The quantitative estimate of drug-likeness (QED) is 0.327. The van der Waals surface area contributed by atoms with Crippen molar-refractivity contribution in [1.82, 2.24) is 14.9 Å². The number of ether oxygens (including phenoxy) is 1. The van der Waals surface area contributed by atoms with Gasteiger partial charge in [0.25, 0.3) is 5.91 Å². The van der Waals surface area contributed by atoms with E-state index in [1.165, 1.54) is 17.4 Å². The number of nitrogens with zero attached hydrogens (tertiary/aromatic N) is 5. The van der Waals surface area contributed by atoms with Crippen LogP contribution in [0.4, 0.5) is 22.2 Å². The smallest absolute Gasteiger partial charge is 0.415 e. The van der Waals surface area contributed by atoms with Gasteiger partial charge in [0, 0.05) is 39.1 Å². The molecule has 1 aliphatic rings. The summed E-state index contributed by atoms with van der Waals surface area (Å²) in [6, 6.07) is 8.86. The SMILES string of the molecule is CCN(CC)c1ncc(N(CC)C(=O)c2ccco2)c(NC(Cc2ccc(OC(=O)N3CCCC3)cc2)C(=O)O)n1. The number of aromatic nitrogens is 2. The molecule has 1 unspecified atom stereocenters. The number of aliphatic carboxylic acids is 1. The van der Waals surface area contributed by atoms with Gasteiger partial charge in [0.15, 0.2) is 11.6 Å². The zero-order chi connectivity index (χ0) is 29.4. The van der Waals surface area contributed by atoms with E-state index in [2.05, 4.69) is 15.3 Å². The Bertz CT molecular complexity index is 1320. The molecule has 218 valence electrons. The number of carboxylic acid groups (broad SMARTS) is 1. The number of amides is 2. The highest BCUT2D eigenvalue weighted by Crippen LogP contribution is 2.28. The highest BCUT2D eigenvalue weighted by molar-refractivity contribution is 6.05. The van der Waals surface area contributed by atoms with Gasteiger partial charge < -0.3 is 34.3 Å². The van der Waals surface area contributed by atoms with E-state index < -0.39 is 17.9 Å². The van der Waals surface area contributed by atoms with Gasteiger partial charge in [-0.05, 0) is 63.4 Å². The molecule has 0 saturated carbocycles. The number of likely N-dealkylation sites (tertiary alicyclic amines) is 1. The zero-order valence-electron chi connectivity index (χ0n) is 23.6. The maximum atomic E-state index is 13.2. The molecule has 0 bridgehead atoms. The van der Waals surface area contributed by atoms with Gasteiger partial charge in [-0.2, -0.15) is 4.98 Å². The van der Waals surface area contributed by atoms with Gasteiger partial charge in [0.1, 0.15) is 17.5 Å². The second kappa shape index (κ2) is 13.6. The number of benzene rings is 1. The molecule has 12 heteroatoms. The maximum absolute atomic E-state index is 13.2. The van der Waals surface area contributed by atoms with E-state index >= 15 is 0 Å². The van der Waals surface area contributed by atoms with Gasteiger partial charge in [-0.3, -0.25) is 4.79 Å². The lowest BCUT2D eigenvalue weighted by Crippen LogP contribution is -2.36. The fraction of sp³-hybridized carbons (Fsp3) is 0.414. The minimum absolute atomic E-state index is 0.109. The Morgan fingerprint density at radius 1 is 1.07 bits per heavy atom. The molecule has 3 aromatic rings. The largest absolute Gasteiger partial charge is 0.480 e. The number of carbonyl (C=O) groups is 3. The summed E-state index contributed by atoms with van der Waals surface area (Å²) in [6.45, 7) is 8.69. The van der Waals surface area contributed by atoms with Gasteiger partial charge >= 0.3 is 12.1 Å². The van der Waals surface area contributed by atoms with Gasteiger partial charge in [-0.1, -0.05) is 12.1 Å². The lowest BCUT2D eigenvalue weighted by Gasteiger charge is -2.26. The molecule has 3 heterocycles. The summed E-state index contributed by atoms with van der Waals surface area (Å²) in [6.07, 6.45) is 4.60. The second-order valence-corrected chi connectivity index (χ2v) is 9.55. The lowest BCUT2D eigenvalue weighted by atomic mass is 10.1. The highest BCUT2D eigenvalue weighted by atomic mass is 16.6. The third kappa shape index (κ3) is 7.13. The standard InChI is InChI=1S/C29H36N6O6/c1-4-33(5-2)28-30-19-23(35(6-3)26(36)24-10-9-17-40-24)25(32-28)31-22(27(37)38)18-20-11-13-21(14-12-20)41-29(39)34-15-7-8-16-34/h9-14,17,19,22H,4-8,15-16,18H2,1-3H3,(H,37,38)(H,30,31,32). The number of hydrogen-bond acceptors (Lipinski definition) is 9. The molecule has 1 aliphatic heterocycles. The molecule has 1 aromatic carbocycles. The van der Waals surface area contributed by atoms with Crippen molar-refractivity contribution in [1.29, 1.82) is 0 Å². The summed E-state index contributed by atoms with van der Waals surface area (Å²) in [5.41, 5.74) is 1.05. The normalized spacial score (nSPS) is 13.5. The Morgan fingerprint density at radius 3 is 2.37 bits per heavy atom. The molecular formula is C29H36N6O6. The number of carbonyl (C=O) groups excluding carboxylic acids is 2. The summed E-state index contributed by atoms with van der Waals surface area (Å²) in [5, 5.41) is 13.2. The number of hydrogen-bond donors (Lipinski definition) is 2. The minimum atomic E-state index is -1.09. The number of furan rings is 1. The van der Waals surface area contributed by atoms with E-state index in [0.29, 0.717) is 49.1 Å². The fourth-order valence-corrected chi connectivity index (χ4v) is 4.64. The van der Waals surface area contributed by atoms with Gasteiger partial charge in [-0.15, -0.1) is 0 Å². The predicted molar refractivity (Wildman–Crippen MR) is 154 cm³/mol. The van der Waals surface area contributed by atoms with Crippen LogP contribution in [0.25, 0.3) is 0 Å². The predicted octanol–water partition coefficient (Wildman–Crippen LogP) is 4.28. The number of rotatable bonds is 12. The molecule has 2 amide bonds. The first kappa shape index (κ1) is 29.4. The van der Waals surface area contributed by atoms with Crippen molar-refractivity contribution in [3.63, 3.8) is 0 Å². The van der Waals surface area contributed by atoms with Crippen LogP contribution < -0.4 is 19.9 Å². The van der Waals surface area contributed by atoms with Crippen LogP contribution in [0.2, 0.25) is 0 Å². The Balaban J connectivity index is 1.58. The molecule has 12 nitrogen and oxygen atoms in total. The van der Waals surface area contributed by atoms with E-state index in [9.17, 15) is 19.5 Å². The second-order valence-electron chi connectivity index (χ2n) is 9.55. The Labute approximate surface area is 238 Å². The van der Waals surface area contributed by atoms with Gasteiger partial charge in [0.2, 0.25) is 5.95 Å². The summed E-state index contributed by atoms with van der Waals surface area (Å²) in [4.78, 5) is 52.0. The monoisotopic (exact) mass is 564 g/mol. The Hall–Kier alpha value is -4.61. The Kier molecular flexibility index (Phi) is 9.77. The van der Waals surface area contributed by atoms with Crippen LogP contribution in [0, 0.1) is 0 Å². The average Bonchev–Trinajstić information content (AvgIpc) is 3.71. The maximum Gasteiger partial charge on any atom is 0.415 e. The molecule has 1 atom stereocenters. The van der Waals surface area contributed by atoms with E-state index in [1.54, 1.807) is 48.2 Å². The van der Waals surface area contributed by atoms with E-state index in [4.69, 9.17) is 9.15 Å². The summed E-state index contributed by atoms with van der Waals surface area (Å²) in [5.74, 6) is -0.328. The van der Waals surface area contributed by atoms with E-state index in [1.807, 2.05) is 18.7 Å². The first-order valence-corrected chi connectivity index (χ1v) is 13.9. The van der Waals surface area contributed by atoms with Crippen LogP contribution in [-0.2, 0) is 11.2 Å². The van der Waals surface area contributed by atoms with E-state index in [-0.39, 0.29) is 30.6 Å². The minimum Gasteiger partial charge on any atom is -0.480 e. The lowest BCUT2D eigenvalue weighted by molar-refractivity contribution is -0.137. The van der Waals surface area contributed by atoms with Crippen LogP contribution in [0.1, 0.15) is 49.7 Å². The first-order valence-electron chi connectivity index (χ1n) is 13.9. The molecule has 4 rings (SSSR count). The highest BCUT2D eigenvalue weighted by Gasteiger charge is 2.27. The van der Waals surface area contributed by atoms with Crippen molar-refractivity contribution < 1.29 is 28.6 Å². The molecular weight excluding hydrogens is 528 g/mol. The molecule has 2 N–H and O–H groups in total. The van der Waals surface area contributed by atoms with Crippen LogP contribution in [-0.4, -0.2) is 76.7 Å². The van der Waals surface area contributed by atoms with Crippen LogP contribution in [0.5, 0.6) is 5.75 Å². The molecule has 0 radical (unpaired) electrons. The van der Waals surface area contributed by atoms with Crippen LogP contribution in [0.3, 0.4) is 0 Å². The van der Waals surface area contributed by atoms with Crippen molar-refractivity contribution in [2.45, 2.75) is 46.1 Å².